The maximum absolute atomic E-state index is 12.6. The largest absolute Gasteiger partial charge is 0.420 e. The molecule has 0 aliphatic heterocycles. The van der Waals surface area contributed by atoms with E-state index in [2.05, 4.69) is 4.98 Å². The highest BCUT2D eigenvalue weighted by Gasteiger charge is 2.41. The number of pyridine rings is 1. The topological polar surface area (TPSA) is 33.1 Å². The van der Waals surface area contributed by atoms with Crippen molar-refractivity contribution >= 4 is 0 Å². The number of aliphatic hydroxyl groups is 1. The highest BCUT2D eigenvalue weighted by atomic mass is 19.4. The van der Waals surface area contributed by atoms with Crippen LogP contribution >= 0.6 is 0 Å². The molecule has 0 fully saturated rings. The van der Waals surface area contributed by atoms with Crippen LogP contribution in [0, 0.1) is 5.82 Å². The molecule has 13 heavy (non-hydrogen) atoms. The number of nitrogens with zero attached hydrogens (tertiary/aromatic N) is 1. The van der Waals surface area contributed by atoms with Gasteiger partial charge in [0.15, 0.2) is 6.10 Å². The van der Waals surface area contributed by atoms with Gasteiger partial charge in [-0.1, -0.05) is 0 Å². The summed E-state index contributed by atoms with van der Waals surface area (Å²) in [4.78, 5) is 3.10. The minimum Gasteiger partial charge on any atom is -0.378 e. The lowest BCUT2D eigenvalue weighted by Gasteiger charge is -2.13. The van der Waals surface area contributed by atoms with Gasteiger partial charge < -0.3 is 5.11 Å². The quantitative estimate of drug-likeness (QED) is 0.693. The van der Waals surface area contributed by atoms with Crippen LogP contribution in [0.25, 0.3) is 0 Å². The normalized spacial score (nSPS) is 14.2. The Labute approximate surface area is 70.8 Å². The van der Waals surface area contributed by atoms with Crippen LogP contribution in [0.4, 0.5) is 17.6 Å². The van der Waals surface area contributed by atoms with E-state index >= 15 is 0 Å². The molecule has 0 amide bonds. The van der Waals surface area contributed by atoms with E-state index in [1.807, 2.05) is 0 Å². The van der Waals surface area contributed by atoms with Crippen LogP contribution in [0.15, 0.2) is 18.3 Å². The summed E-state index contributed by atoms with van der Waals surface area (Å²) in [5, 5.41) is 8.61. The van der Waals surface area contributed by atoms with Crippen LogP contribution in [0.1, 0.15) is 11.8 Å². The first-order chi connectivity index (χ1) is 5.93. The van der Waals surface area contributed by atoms with Crippen molar-refractivity contribution < 1.29 is 22.7 Å². The zero-order chi connectivity index (χ0) is 10.1. The van der Waals surface area contributed by atoms with Gasteiger partial charge in [0.25, 0.3) is 0 Å². The average Bonchev–Trinajstić information content (AvgIpc) is 2.02. The monoisotopic (exact) mass is 195 g/mol. The molecule has 1 aromatic heterocycles. The molecule has 0 radical (unpaired) electrons. The number of aliphatic hydroxyl groups excluding tert-OH is 1. The summed E-state index contributed by atoms with van der Waals surface area (Å²) in [5.41, 5.74) is -1.00. The minimum absolute atomic E-state index is 0.803. The van der Waals surface area contributed by atoms with Crippen LogP contribution in [0.5, 0.6) is 0 Å². The maximum Gasteiger partial charge on any atom is 0.420 e. The van der Waals surface area contributed by atoms with E-state index in [0.717, 1.165) is 18.3 Å². The molecule has 0 saturated carbocycles. The molecule has 0 aromatic carbocycles. The van der Waals surface area contributed by atoms with Crippen LogP contribution in [-0.4, -0.2) is 16.3 Å². The van der Waals surface area contributed by atoms with Crippen molar-refractivity contribution in [3.8, 4) is 0 Å². The SMILES string of the molecule is O[C@H](c1ncccc1F)C(F)(F)F. The van der Waals surface area contributed by atoms with Gasteiger partial charge in [0.1, 0.15) is 11.5 Å². The fourth-order valence-corrected chi connectivity index (χ4v) is 0.754. The summed E-state index contributed by atoms with van der Waals surface area (Å²) in [7, 11) is 0. The van der Waals surface area contributed by atoms with Crippen molar-refractivity contribution in [1.82, 2.24) is 4.98 Å². The van der Waals surface area contributed by atoms with Gasteiger partial charge in [0, 0.05) is 6.20 Å². The third-order valence-corrected chi connectivity index (χ3v) is 1.36. The zero-order valence-electron chi connectivity index (χ0n) is 6.22. The van der Waals surface area contributed by atoms with E-state index in [-0.39, 0.29) is 0 Å². The molecule has 0 spiro atoms. The van der Waals surface area contributed by atoms with Gasteiger partial charge >= 0.3 is 6.18 Å². The highest BCUT2D eigenvalue weighted by Crippen LogP contribution is 2.32. The molecule has 2 nitrogen and oxygen atoms in total. The molecular weight excluding hydrogens is 190 g/mol. The molecule has 0 bridgehead atoms. The van der Waals surface area contributed by atoms with Crippen molar-refractivity contribution in [2.45, 2.75) is 12.3 Å². The van der Waals surface area contributed by atoms with E-state index in [1.165, 1.54) is 0 Å². The predicted octanol–water partition coefficient (Wildman–Crippen LogP) is 1.82. The van der Waals surface area contributed by atoms with Gasteiger partial charge in [-0.2, -0.15) is 13.2 Å². The molecule has 0 aliphatic rings. The fraction of sp³-hybridized carbons (Fsp3) is 0.286. The number of hydrogen-bond acceptors (Lipinski definition) is 2. The molecule has 1 aromatic rings. The molecule has 1 atom stereocenters. The van der Waals surface area contributed by atoms with E-state index in [1.54, 1.807) is 0 Å². The van der Waals surface area contributed by atoms with E-state index in [0.29, 0.717) is 0 Å². The Morgan fingerprint density at radius 1 is 1.38 bits per heavy atom. The highest BCUT2D eigenvalue weighted by molar-refractivity contribution is 5.11. The third kappa shape index (κ3) is 2.15. The Morgan fingerprint density at radius 2 is 2.00 bits per heavy atom. The van der Waals surface area contributed by atoms with Crippen molar-refractivity contribution in [2.75, 3.05) is 0 Å². The Kier molecular flexibility index (Phi) is 2.51. The summed E-state index contributed by atoms with van der Waals surface area (Å²) < 4.78 is 48.2. The molecule has 0 unspecified atom stereocenters. The molecule has 1 heterocycles. The lowest BCUT2D eigenvalue weighted by molar-refractivity contribution is -0.208. The number of halogens is 4. The average molecular weight is 195 g/mol. The summed E-state index contributed by atoms with van der Waals surface area (Å²) in [6, 6.07) is 1.94. The minimum atomic E-state index is -4.89. The first-order valence-corrected chi connectivity index (χ1v) is 3.28. The lowest BCUT2D eigenvalue weighted by atomic mass is 10.2. The van der Waals surface area contributed by atoms with Gasteiger partial charge in [0.2, 0.25) is 0 Å². The van der Waals surface area contributed by atoms with Crippen LogP contribution in [-0.2, 0) is 0 Å². The van der Waals surface area contributed by atoms with Gasteiger partial charge in [0.05, 0.1) is 0 Å². The van der Waals surface area contributed by atoms with E-state index in [9.17, 15) is 17.6 Å². The number of aromatic nitrogens is 1. The Morgan fingerprint density at radius 3 is 2.46 bits per heavy atom. The Balaban J connectivity index is 3.02. The van der Waals surface area contributed by atoms with Gasteiger partial charge in [-0.3, -0.25) is 4.98 Å². The number of alkyl halides is 3. The summed E-state index contributed by atoms with van der Waals surface area (Å²) in [6.45, 7) is 0. The third-order valence-electron chi connectivity index (χ3n) is 1.36. The molecule has 1 N–H and O–H groups in total. The summed E-state index contributed by atoms with van der Waals surface area (Å²) in [6.07, 6.45) is -6.78. The molecule has 6 heteroatoms. The van der Waals surface area contributed by atoms with Crippen molar-refractivity contribution in [2.24, 2.45) is 0 Å². The fourth-order valence-electron chi connectivity index (χ4n) is 0.754. The number of rotatable bonds is 1. The first kappa shape index (κ1) is 9.91. The van der Waals surface area contributed by atoms with E-state index in [4.69, 9.17) is 5.11 Å². The maximum atomic E-state index is 12.6. The van der Waals surface area contributed by atoms with Crippen molar-refractivity contribution in [3.63, 3.8) is 0 Å². The first-order valence-electron chi connectivity index (χ1n) is 3.28. The second kappa shape index (κ2) is 3.29. The van der Waals surface area contributed by atoms with Gasteiger partial charge in [-0.05, 0) is 12.1 Å². The Bertz CT molecular complexity index is 299. The summed E-state index contributed by atoms with van der Waals surface area (Å²) in [5.74, 6) is -1.17. The smallest absolute Gasteiger partial charge is 0.378 e. The molecule has 0 aliphatic carbocycles. The van der Waals surface area contributed by atoms with Crippen LogP contribution in [0.3, 0.4) is 0 Å². The molecular formula is C7H5F4NO. The zero-order valence-corrected chi connectivity index (χ0v) is 6.22. The second-order valence-electron chi connectivity index (χ2n) is 2.31. The molecule has 1 rings (SSSR count). The van der Waals surface area contributed by atoms with Crippen LogP contribution in [0.2, 0.25) is 0 Å². The van der Waals surface area contributed by atoms with Gasteiger partial charge in [-0.25, -0.2) is 4.39 Å². The van der Waals surface area contributed by atoms with Crippen molar-refractivity contribution in [3.05, 3.63) is 29.8 Å². The summed E-state index contributed by atoms with van der Waals surface area (Å²) >= 11 is 0. The molecule has 72 valence electrons. The Hall–Kier alpha value is -1.17. The van der Waals surface area contributed by atoms with Gasteiger partial charge in [-0.15, -0.1) is 0 Å². The second-order valence-corrected chi connectivity index (χ2v) is 2.31. The van der Waals surface area contributed by atoms with Crippen LogP contribution < -0.4 is 0 Å². The number of hydrogen-bond donors (Lipinski definition) is 1. The predicted molar refractivity (Wildman–Crippen MR) is 35.2 cm³/mol. The molecule has 0 saturated heterocycles. The standard InChI is InChI=1S/C7H5F4NO/c8-4-2-1-3-12-5(4)6(13)7(9,10)11/h1-3,6,13H/t6-/m1/s1. The van der Waals surface area contributed by atoms with E-state index < -0.39 is 23.8 Å². The van der Waals surface area contributed by atoms with Crippen molar-refractivity contribution in [1.29, 1.82) is 0 Å². The lowest BCUT2D eigenvalue weighted by Crippen LogP contribution is -2.22.